The Labute approximate surface area is 122 Å². The number of carboxylic acids is 1. The second-order valence-corrected chi connectivity index (χ2v) is 4.41. The summed E-state index contributed by atoms with van der Waals surface area (Å²) in [7, 11) is 1.62. The lowest BCUT2D eigenvalue weighted by molar-refractivity contribution is 0.0691. The van der Waals surface area contributed by atoms with Crippen LogP contribution in [0.5, 0.6) is 0 Å². The maximum Gasteiger partial charge on any atom is 0.354 e. The molecule has 1 aromatic heterocycles. The number of nitrogens with zero attached hydrogens (tertiary/aromatic N) is 1. The molecule has 6 nitrogen and oxygen atoms in total. The second kappa shape index (κ2) is 7.56. The molecule has 2 N–H and O–H groups in total. The topological polar surface area (TPSA) is 80.7 Å². The van der Waals surface area contributed by atoms with E-state index >= 15 is 0 Å². The van der Waals surface area contributed by atoms with Gasteiger partial charge in [-0.2, -0.15) is 0 Å². The minimum atomic E-state index is -1.04. The summed E-state index contributed by atoms with van der Waals surface area (Å²) in [6.07, 6.45) is 0. The highest BCUT2D eigenvalue weighted by molar-refractivity contribution is 5.97. The van der Waals surface area contributed by atoms with E-state index in [2.05, 4.69) is 10.3 Å². The number of para-hydroxylation sites is 1. The van der Waals surface area contributed by atoms with Gasteiger partial charge in [-0.15, -0.1) is 0 Å². The number of methoxy groups -OCH3 is 1. The number of hydrogen-bond acceptors (Lipinski definition) is 5. The number of pyridine rings is 1. The van der Waals surface area contributed by atoms with Gasteiger partial charge < -0.3 is 19.9 Å². The van der Waals surface area contributed by atoms with Gasteiger partial charge in [-0.25, -0.2) is 9.78 Å². The number of aromatic carboxylic acids is 1. The lowest BCUT2D eigenvalue weighted by Crippen LogP contribution is -2.13. The predicted octanol–water partition coefficient (Wildman–Crippen LogP) is 2.01. The third kappa shape index (κ3) is 4.14. The molecule has 0 saturated carbocycles. The fourth-order valence-corrected chi connectivity index (χ4v) is 1.93. The van der Waals surface area contributed by atoms with E-state index in [-0.39, 0.29) is 5.69 Å². The van der Waals surface area contributed by atoms with Crippen LogP contribution < -0.4 is 5.32 Å². The van der Waals surface area contributed by atoms with E-state index in [1.807, 2.05) is 18.2 Å². The van der Waals surface area contributed by atoms with Crippen LogP contribution in [0, 0.1) is 0 Å². The highest BCUT2D eigenvalue weighted by atomic mass is 16.5. The van der Waals surface area contributed by atoms with Crippen molar-refractivity contribution in [2.45, 2.75) is 0 Å². The van der Waals surface area contributed by atoms with Crippen molar-refractivity contribution in [3.63, 3.8) is 0 Å². The van der Waals surface area contributed by atoms with Gasteiger partial charge in [-0.05, 0) is 12.1 Å². The molecule has 1 aromatic carbocycles. The molecule has 0 bridgehead atoms. The smallest absolute Gasteiger partial charge is 0.354 e. The van der Waals surface area contributed by atoms with E-state index in [9.17, 15) is 4.79 Å². The van der Waals surface area contributed by atoms with Crippen molar-refractivity contribution in [3.8, 4) is 0 Å². The molecule has 0 aliphatic heterocycles. The van der Waals surface area contributed by atoms with Gasteiger partial charge in [0.15, 0.2) is 5.69 Å². The molecule has 1 heterocycles. The van der Waals surface area contributed by atoms with Gasteiger partial charge in [-0.1, -0.05) is 18.2 Å². The number of hydrogen-bond donors (Lipinski definition) is 2. The Hall–Kier alpha value is -2.18. The molecule has 0 aliphatic rings. The molecule has 0 atom stereocenters. The van der Waals surface area contributed by atoms with Crippen LogP contribution in [0.25, 0.3) is 10.9 Å². The molecule has 0 spiro atoms. The second-order valence-electron chi connectivity index (χ2n) is 4.41. The largest absolute Gasteiger partial charge is 0.477 e. The first-order valence-corrected chi connectivity index (χ1v) is 6.66. The SMILES string of the molecule is COCCOCCNc1cc(C(=O)O)nc2ccccc12. The standard InChI is InChI=1S/C15H18N2O4/c1-20-8-9-21-7-6-16-13-10-14(15(18)19)17-12-5-3-2-4-11(12)13/h2-5,10H,6-9H2,1H3,(H,16,17)(H,18,19). The van der Waals surface area contributed by atoms with Crippen LogP contribution in [0.2, 0.25) is 0 Å². The Morgan fingerprint density at radius 1 is 1.29 bits per heavy atom. The van der Waals surface area contributed by atoms with Crippen molar-refractivity contribution in [1.29, 1.82) is 0 Å². The number of ether oxygens (including phenoxy) is 2. The molecule has 6 heteroatoms. The molecule has 112 valence electrons. The summed E-state index contributed by atoms with van der Waals surface area (Å²) < 4.78 is 10.3. The summed E-state index contributed by atoms with van der Waals surface area (Å²) in [6, 6.07) is 8.97. The molecule has 0 fully saturated rings. The molecular formula is C15H18N2O4. The first kappa shape index (κ1) is 15.2. The van der Waals surface area contributed by atoms with E-state index < -0.39 is 5.97 Å². The fraction of sp³-hybridized carbons (Fsp3) is 0.333. The zero-order chi connectivity index (χ0) is 15.1. The quantitative estimate of drug-likeness (QED) is 0.724. The van der Waals surface area contributed by atoms with Crippen molar-refractivity contribution in [3.05, 3.63) is 36.0 Å². The molecule has 21 heavy (non-hydrogen) atoms. The van der Waals surface area contributed by atoms with Gasteiger partial charge >= 0.3 is 5.97 Å². The summed E-state index contributed by atoms with van der Waals surface area (Å²) in [5.74, 6) is -1.04. The average molecular weight is 290 g/mol. The highest BCUT2D eigenvalue weighted by Gasteiger charge is 2.10. The normalized spacial score (nSPS) is 10.7. The number of benzene rings is 1. The van der Waals surface area contributed by atoms with Crippen molar-refractivity contribution < 1.29 is 19.4 Å². The van der Waals surface area contributed by atoms with E-state index in [1.165, 1.54) is 0 Å². The molecule has 2 aromatic rings. The summed E-state index contributed by atoms with van der Waals surface area (Å²) in [6.45, 7) is 2.19. The Bertz CT molecular complexity index is 616. The number of nitrogens with one attached hydrogen (secondary N) is 1. The molecule has 0 saturated heterocycles. The summed E-state index contributed by atoms with van der Waals surface area (Å²) in [4.78, 5) is 15.2. The third-order valence-corrected chi connectivity index (χ3v) is 2.93. The Morgan fingerprint density at radius 2 is 2.10 bits per heavy atom. The monoisotopic (exact) mass is 290 g/mol. The molecular weight excluding hydrogens is 272 g/mol. The fourth-order valence-electron chi connectivity index (χ4n) is 1.93. The zero-order valence-electron chi connectivity index (χ0n) is 11.8. The number of aromatic nitrogens is 1. The predicted molar refractivity (Wildman–Crippen MR) is 79.9 cm³/mol. The minimum absolute atomic E-state index is 0.0245. The molecule has 0 amide bonds. The summed E-state index contributed by atoms with van der Waals surface area (Å²) >= 11 is 0. The number of carboxylic acid groups (broad SMARTS) is 1. The number of anilines is 1. The van der Waals surface area contributed by atoms with Crippen LogP contribution in [0.4, 0.5) is 5.69 Å². The van der Waals surface area contributed by atoms with Crippen molar-refractivity contribution >= 4 is 22.6 Å². The van der Waals surface area contributed by atoms with Gasteiger partial charge in [-0.3, -0.25) is 0 Å². The van der Waals surface area contributed by atoms with Crippen molar-refractivity contribution in [2.24, 2.45) is 0 Å². The van der Waals surface area contributed by atoms with E-state index in [4.69, 9.17) is 14.6 Å². The van der Waals surface area contributed by atoms with Crippen LogP contribution in [0.1, 0.15) is 10.5 Å². The van der Waals surface area contributed by atoms with Gasteiger partial charge in [0.05, 0.1) is 25.3 Å². The zero-order valence-corrected chi connectivity index (χ0v) is 11.8. The van der Waals surface area contributed by atoms with Gasteiger partial charge in [0.2, 0.25) is 0 Å². The Balaban J connectivity index is 2.08. The number of rotatable bonds is 8. The van der Waals surface area contributed by atoms with Crippen LogP contribution >= 0.6 is 0 Å². The van der Waals surface area contributed by atoms with Crippen molar-refractivity contribution in [2.75, 3.05) is 38.8 Å². The van der Waals surface area contributed by atoms with Crippen LogP contribution in [-0.4, -0.2) is 49.5 Å². The molecule has 2 rings (SSSR count). The third-order valence-electron chi connectivity index (χ3n) is 2.93. The summed E-state index contributed by atoms with van der Waals surface area (Å²) in [5, 5.41) is 13.2. The maximum atomic E-state index is 11.1. The van der Waals surface area contributed by atoms with E-state index in [0.717, 1.165) is 11.1 Å². The lowest BCUT2D eigenvalue weighted by atomic mass is 10.1. The number of fused-ring (bicyclic) bond motifs is 1. The minimum Gasteiger partial charge on any atom is -0.477 e. The number of carbonyl (C=O) groups is 1. The Kier molecular flexibility index (Phi) is 5.48. The average Bonchev–Trinajstić information content (AvgIpc) is 2.50. The van der Waals surface area contributed by atoms with Crippen LogP contribution in [0.15, 0.2) is 30.3 Å². The first-order valence-electron chi connectivity index (χ1n) is 6.66. The first-order chi connectivity index (χ1) is 10.2. The lowest BCUT2D eigenvalue weighted by Gasteiger charge is -2.11. The molecule has 0 unspecified atom stereocenters. The molecule has 0 radical (unpaired) electrons. The van der Waals surface area contributed by atoms with Crippen molar-refractivity contribution in [1.82, 2.24) is 4.98 Å². The highest BCUT2D eigenvalue weighted by Crippen LogP contribution is 2.22. The maximum absolute atomic E-state index is 11.1. The van der Waals surface area contributed by atoms with E-state index in [0.29, 0.717) is 31.9 Å². The van der Waals surface area contributed by atoms with Gasteiger partial charge in [0.1, 0.15) is 0 Å². The van der Waals surface area contributed by atoms with Crippen LogP contribution in [-0.2, 0) is 9.47 Å². The van der Waals surface area contributed by atoms with Gasteiger partial charge in [0, 0.05) is 24.7 Å². The van der Waals surface area contributed by atoms with Crippen LogP contribution in [0.3, 0.4) is 0 Å². The van der Waals surface area contributed by atoms with Gasteiger partial charge in [0.25, 0.3) is 0 Å². The molecule has 0 aliphatic carbocycles. The Morgan fingerprint density at radius 3 is 2.86 bits per heavy atom. The summed E-state index contributed by atoms with van der Waals surface area (Å²) in [5.41, 5.74) is 1.42. The van der Waals surface area contributed by atoms with E-state index in [1.54, 1.807) is 19.2 Å².